The van der Waals surface area contributed by atoms with Gasteiger partial charge in [0.05, 0.1) is 18.0 Å². The Labute approximate surface area is 199 Å². The maximum atomic E-state index is 12.5. The minimum absolute atomic E-state index is 0.0744. The highest BCUT2D eigenvalue weighted by Gasteiger charge is 2.20. The van der Waals surface area contributed by atoms with Crippen LogP contribution in [0, 0.1) is 12.8 Å². The third kappa shape index (κ3) is 6.97. The summed E-state index contributed by atoms with van der Waals surface area (Å²) >= 11 is 0. The standard InChI is InChI=1S/C26H37N3O3S/c1-20-9-7-17-28(19-20)24-15-13-23(14-16-24)22(3)27-26(30)12-8-18-29(33(4,31)32)25-11-6-5-10-21(25)2/h5-6,10-11,13-16,20,22H,7-9,12,17-19H2,1-4H3,(H,27,30)/t20-,22+/m0/s1. The molecule has 0 aromatic heterocycles. The molecule has 2 aromatic rings. The minimum atomic E-state index is -3.42. The molecule has 6 nitrogen and oxygen atoms in total. The van der Waals surface area contributed by atoms with Crippen molar-refractivity contribution in [1.82, 2.24) is 5.32 Å². The number of nitrogens with one attached hydrogen (secondary N) is 1. The normalized spacial score (nSPS) is 17.5. The molecule has 0 radical (unpaired) electrons. The molecule has 0 spiro atoms. The first kappa shape index (κ1) is 25.1. The van der Waals surface area contributed by atoms with Crippen molar-refractivity contribution >= 4 is 27.3 Å². The SMILES string of the molecule is Cc1ccccc1N(CCCC(=O)N[C@H](C)c1ccc(N2CCC[C@H](C)C2)cc1)S(C)(=O)=O. The van der Waals surface area contributed by atoms with Crippen LogP contribution < -0.4 is 14.5 Å². The number of carbonyl (C=O) groups is 1. The number of para-hydroxylation sites is 1. The maximum absolute atomic E-state index is 12.5. The van der Waals surface area contributed by atoms with Gasteiger partial charge in [0.15, 0.2) is 0 Å². The van der Waals surface area contributed by atoms with Gasteiger partial charge in [-0.15, -0.1) is 0 Å². The first-order valence-electron chi connectivity index (χ1n) is 11.8. The second-order valence-electron chi connectivity index (χ2n) is 9.30. The summed E-state index contributed by atoms with van der Waals surface area (Å²) in [6.07, 6.45) is 4.45. The monoisotopic (exact) mass is 471 g/mol. The smallest absolute Gasteiger partial charge is 0.232 e. The predicted octanol–water partition coefficient (Wildman–Crippen LogP) is 4.65. The first-order valence-corrected chi connectivity index (χ1v) is 13.7. The molecule has 0 bridgehead atoms. The van der Waals surface area contributed by atoms with Crippen molar-refractivity contribution in [1.29, 1.82) is 0 Å². The Hall–Kier alpha value is -2.54. The van der Waals surface area contributed by atoms with Crippen LogP contribution in [0.15, 0.2) is 48.5 Å². The number of aryl methyl sites for hydroxylation is 1. The molecular formula is C26H37N3O3S. The molecule has 3 rings (SSSR count). The largest absolute Gasteiger partial charge is 0.371 e. The van der Waals surface area contributed by atoms with Crippen molar-refractivity contribution in [2.24, 2.45) is 5.92 Å². The van der Waals surface area contributed by atoms with Crippen LogP contribution in [0.1, 0.15) is 56.7 Å². The number of carbonyl (C=O) groups excluding carboxylic acids is 1. The van der Waals surface area contributed by atoms with Crippen LogP contribution in [0.2, 0.25) is 0 Å². The number of nitrogens with zero attached hydrogens (tertiary/aromatic N) is 2. The van der Waals surface area contributed by atoms with Crippen LogP contribution in [0.3, 0.4) is 0 Å². The van der Waals surface area contributed by atoms with Gasteiger partial charge in [-0.2, -0.15) is 0 Å². The molecule has 1 heterocycles. The van der Waals surface area contributed by atoms with Gasteiger partial charge in [-0.3, -0.25) is 9.10 Å². The van der Waals surface area contributed by atoms with Gasteiger partial charge in [0.1, 0.15) is 0 Å². The zero-order valence-corrected chi connectivity index (χ0v) is 21.1. The van der Waals surface area contributed by atoms with E-state index in [0.29, 0.717) is 12.1 Å². The second kappa shape index (κ2) is 11.1. The van der Waals surface area contributed by atoms with Crippen molar-refractivity contribution in [3.63, 3.8) is 0 Å². The maximum Gasteiger partial charge on any atom is 0.232 e. The fraction of sp³-hybridized carbons (Fsp3) is 0.500. The molecule has 0 saturated carbocycles. The fourth-order valence-electron chi connectivity index (χ4n) is 4.49. The van der Waals surface area contributed by atoms with E-state index in [9.17, 15) is 13.2 Å². The first-order chi connectivity index (χ1) is 15.6. The van der Waals surface area contributed by atoms with Crippen LogP contribution in [0.5, 0.6) is 0 Å². The average Bonchev–Trinajstić information content (AvgIpc) is 2.77. The summed E-state index contributed by atoms with van der Waals surface area (Å²) in [6.45, 7) is 8.63. The summed E-state index contributed by atoms with van der Waals surface area (Å²) in [5.41, 5.74) is 3.86. The molecule has 0 unspecified atom stereocenters. The van der Waals surface area contributed by atoms with Crippen LogP contribution >= 0.6 is 0 Å². The molecule has 0 aliphatic carbocycles. The van der Waals surface area contributed by atoms with Crippen LogP contribution in [0.25, 0.3) is 0 Å². The molecule has 1 N–H and O–H groups in total. The number of benzene rings is 2. The van der Waals surface area contributed by atoms with Gasteiger partial charge in [0.25, 0.3) is 0 Å². The van der Waals surface area contributed by atoms with Crippen LogP contribution in [-0.2, 0) is 14.8 Å². The van der Waals surface area contributed by atoms with E-state index in [1.54, 1.807) is 6.07 Å². The van der Waals surface area contributed by atoms with Gasteiger partial charge >= 0.3 is 0 Å². The average molecular weight is 472 g/mol. The van der Waals surface area contributed by atoms with E-state index in [1.165, 1.54) is 29.1 Å². The highest BCUT2D eigenvalue weighted by molar-refractivity contribution is 7.92. The van der Waals surface area contributed by atoms with E-state index in [-0.39, 0.29) is 24.9 Å². The van der Waals surface area contributed by atoms with E-state index in [2.05, 4.69) is 41.4 Å². The third-order valence-electron chi connectivity index (χ3n) is 6.34. The number of anilines is 2. The number of amides is 1. The molecule has 1 amide bonds. The van der Waals surface area contributed by atoms with Crippen molar-refractivity contribution in [2.45, 2.75) is 52.5 Å². The summed E-state index contributed by atoms with van der Waals surface area (Å²) in [5.74, 6) is 0.649. The number of hydrogen-bond donors (Lipinski definition) is 1. The Bertz CT molecular complexity index is 1040. The van der Waals surface area contributed by atoms with E-state index in [0.717, 1.165) is 30.1 Å². The summed E-state index contributed by atoms with van der Waals surface area (Å²) in [4.78, 5) is 15.0. The molecule has 2 aromatic carbocycles. The summed E-state index contributed by atoms with van der Waals surface area (Å²) in [5, 5.41) is 3.05. The van der Waals surface area contributed by atoms with Gasteiger partial charge in [-0.25, -0.2) is 8.42 Å². The quantitative estimate of drug-likeness (QED) is 0.578. The molecule has 180 valence electrons. The predicted molar refractivity (Wildman–Crippen MR) is 136 cm³/mol. The van der Waals surface area contributed by atoms with Crippen LogP contribution in [-0.4, -0.2) is 40.2 Å². The molecule has 1 fully saturated rings. The Morgan fingerprint density at radius 2 is 1.88 bits per heavy atom. The van der Waals surface area contributed by atoms with Crippen LogP contribution in [0.4, 0.5) is 11.4 Å². The van der Waals surface area contributed by atoms with E-state index in [1.807, 2.05) is 32.0 Å². The molecule has 1 saturated heterocycles. The Balaban J connectivity index is 1.52. The molecule has 33 heavy (non-hydrogen) atoms. The lowest BCUT2D eigenvalue weighted by molar-refractivity contribution is -0.121. The van der Waals surface area contributed by atoms with Crippen molar-refractivity contribution in [3.05, 3.63) is 59.7 Å². The summed E-state index contributed by atoms with van der Waals surface area (Å²) in [6, 6.07) is 15.7. The van der Waals surface area contributed by atoms with E-state index < -0.39 is 10.0 Å². The molecule has 7 heteroatoms. The number of piperidine rings is 1. The molecule has 2 atom stereocenters. The van der Waals surface area contributed by atoms with Gasteiger partial charge in [-0.05, 0) is 68.4 Å². The number of sulfonamides is 1. The minimum Gasteiger partial charge on any atom is -0.371 e. The summed E-state index contributed by atoms with van der Waals surface area (Å²) < 4.78 is 26.0. The second-order valence-corrected chi connectivity index (χ2v) is 11.2. The van der Waals surface area contributed by atoms with Crippen molar-refractivity contribution in [3.8, 4) is 0 Å². The topological polar surface area (TPSA) is 69.7 Å². The number of hydrogen-bond acceptors (Lipinski definition) is 4. The Morgan fingerprint density at radius 1 is 1.18 bits per heavy atom. The van der Waals surface area contributed by atoms with Crippen molar-refractivity contribution in [2.75, 3.05) is 35.1 Å². The number of rotatable bonds is 9. The molecule has 1 aliphatic heterocycles. The fourth-order valence-corrected chi connectivity index (χ4v) is 5.51. The zero-order valence-electron chi connectivity index (χ0n) is 20.3. The molecule has 1 aliphatic rings. The lowest BCUT2D eigenvalue weighted by atomic mass is 9.99. The van der Waals surface area contributed by atoms with Gasteiger partial charge in [-0.1, -0.05) is 37.3 Å². The van der Waals surface area contributed by atoms with Gasteiger partial charge in [0.2, 0.25) is 15.9 Å². The lowest BCUT2D eigenvalue weighted by Gasteiger charge is -2.33. The summed E-state index contributed by atoms with van der Waals surface area (Å²) in [7, 11) is -3.42. The van der Waals surface area contributed by atoms with E-state index in [4.69, 9.17) is 0 Å². The van der Waals surface area contributed by atoms with Gasteiger partial charge in [0, 0.05) is 31.7 Å². The Kier molecular flexibility index (Phi) is 8.40. The zero-order chi connectivity index (χ0) is 24.0. The third-order valence-corrected chi connectivity index (χ3v) is 7.52. The van der Waals surface area contributed by atoms with Gasteiger partial charge < -0.3 is 10.2 Å². The lowest BCUT2D eigenvalue weighted by Crippen LogP contribution is -2.34. The van der Waals surface area contributed by atoms with Crippen molar-refractivity contribution < 1.29 is 13.2 Å². The highest BCUT2D eigenvalue weighted by atomic mass is 32.2. The van der Waals surface area contributed by atoms with E-state index >= 15 is 0 Å². The Morgan fingerprint density at radius 3 is 2.52 bits per heavy atom. The highest BCUT2D eigenvalue weighted by Crippen LogP contribution is 2.25. The molecular weight excluding hydrogens is 434 g/mol.